The topological polar surface area (TPSA) is 89.7 Å². The first-order valence-corrected chi connectivity index (χ1v) is 35.4. The molecule has 0 radical (unpaired) electrons. The molecular formula is C52H113N13OP4. The molecule has 0 amide bonds. The van der Waals surface area contributed by atoms with Crippen LogP contribution in [0.2, 0.25) is 0 Å². The standard InChI is InChI=1S/C52H113N13OP4/c1-21-56(22-2)50(57(23-3)24-4)41-44-67(62(33-13)34-14)47(50)53-70(66,65(39-19)40-20,54-48-51(58(25-5)26-6,59(27-7)28-8)42-45-68(48)63(35-15)36-16)55-49-52(60(29-9)30-10,61(31-11)32-12)43-46-69(49)64(37-17)38-18/h66H,21-46H2,1-20H3. The Hall–Kier alpha value is 0.290. The van der Waals surface area contributed by atoms with Gasteiger partial charge in [-0.1, -0.05) is 0 Å². The normalized spacial score (nSPS) is 24.2. The molecule has 3 saturated heterocycles. The second-order valence-electron chi connectivity index (χ2n) is 18.8. The van der Waals surface area contributed by atoms with Gasteiger partial charge < -0.3 is 0 Å². The van der Waals surface area contributed by atoms with Crippen molar-refractivity contribution in [3.05, 3.63) is 0 Å². The van der Waals surface area contributed by atoms with Crippen molar-refractivity contribution in [1.29, 1.82) is 0 Å². The third-order valence-electron chi connectivity index (χ3n) is 16.8. The van der Waals surface area contributed by atoms with Gasteiger partial charge in [-0.2, -0.15) is 0 Å². The summed E-state index contributed by atoms with van der Waals surface area (Å²) in [6.45, 7) is 64.0. The molecule has 0 aromatic rings. The second-order valence-corrected chi connectivity index (χ2v) is 28.5. The zero-order valence-electron chi connectivity index (χ0n) is 49.4. The Labute approximate surface area is 437 Å². The first kappa shape index (κ1) is 64.6. The fourth-order valence-electron chi connectivity index (χ4n) is 13.3. The summed E-state index contributed by atoms with van der Waals surface area (Å²) in [7, 11) is -8.14. The SMILES string of the molecule is CCN(CC)P1CCC(N(CC)CC)(N(CC)CC)C1=NP(O)(N=C1P(N(CC)CC)CCC1(N(CC)CC)N(CC)CC)(N=C1P(N(CC)CC)CCC1(N(CC)CC)N(CC)CC)N(CC)CC. The minimum absolute atomic E-state index is 0.497. The molecule has 0 saturated carbocycles. The van der Waals surface area contributed by atoms with Crippen LogP contribution in [0.1, 0.15) is 158 Å². The zero-order valence-corrected chi connectivity index (χ0v) is 53.0. The van der Waals surface area contributed by atoms with E-state index < -0.39 is 48.6 Å². The van der Waals surface area contributed by atoms with Gasteiger partial charge in [0.2, 0.25) is 0 Å². The fourth-order valence-corrected chi connectivity index (χ4v) is 27.4. The van der Waals surface area contributed by atoms with E-state index in [1.54, 1.807) is 0 Å². The van der Waals surface area contributed by atoms with Gasteiger partial charge in [0, 0.05) is 0 Å². The van der Waals surface area contributed by atoms with Crippen LogP contribution < -0.4 is 0 Å². The summed E-state index contributed by atoms with van der Waals surface area (Å²) in [6.07, 6.45) is 6.01. The molecule has 3 aliphatic rings. The van der Waals surface area contributed by atoms with Crippen LogP contribution in [0.25, 0.3) is 0 Å². The van der Waals surface area contributed by atoms with E-state index in [9.17, 15) is 0 Å². The van der Waals surface area contributed by atoms with Gasteiger partial charge in [0.1, 0.15) is 0 Å². The molecule has 18 heteroatoms. The average Bonchev–Trinajstić information content (AvgIpc) is 4.03. The van der Waals surface area contributed by atoms with Crippen molar-refractivity contribution in [1.82, 2.24) is 48.1 Å². The molecule has 3 unspecified atom stereocenters. The van der Waals surface area contributed by atoms with E-state index in [0.29, 0.717) is 13.1 Å². The Balaban J connectivity index is 3.17. The minimum atomic E-state index is -5.31. The van der Waals surface area contributed by atoms with Crippen LogP contribution in [0.15, 0.2) is 14.3 Å². The molecule has 3 rings (SSSR count). The van der Waals surface area contributed by atoms with E-state index >= 15 is 4.89 Å². The summed E-state index contributed by atoms with van der Waals surface area (Å²) >= 11 is 0. The van der Waals surface area contributed by atoms with Crippen LogP contribution in [-0.4, -0.2) is 236 Å². The van der Waals surface area contributed by atoms with Crippen LogP contribution in [0.5, 0.6) is 0 Å². The van der Waals surface area contributed by atoms with Crippen LogP contribution in [0.3, 0.4) is 0 Å². The zero-order chi connectivity index (χ0) is 52.7. The Morgan fingerprint density at radius 3 is 0.657 bits per heavy atom. The monoisotopic (exact) mass is 1060 g/mol. The van der Waals surface area contributed by atoms with Crippen LogP contribution in [-0.2, 0) is 0 Å². The maximum atomic E-state index is 16.2. The van der Waals surface area contributed by atoms with Gasteiger partial charge in [0.05, 0.1) is 0 Å². The maximum absolute atomic E-state index is 16.2. The number of nitrogens with zero attached hydrogens (tertiary/aromatic N) is 13. The van der Waals surface area contributed by atoms with E-state index in [-0.39, 0.29) is 0 Å². The third kappa shape index (κ3) is 11.7. The van der Waals surface area contributed by atoms with Gasteiger partial charge >= 0.3 is 439 Å². The summed E-state index contributed by atoms with van der Waals surface area (Å²) in [6, 6.07) is 0. The molecule has 3 aliphatic heterocycles. The summed E-state index contributed by atoms with van der Waals surface area (Å²) in [5, 5.41) is 0. The quantitative estimate of drug-likeness (QED) is 0.0503. The predicted octanol–water partition coefficient (Wildman–Crippen LogP) is 11.2. The van der Waals surface area contributed by atoms with Gasteiger partial charge in [-0.05, 0) is 0 Å². The number of hydrogen-bond donors (Lipinski definition) is 1. The molecule has 3 atom stereocenters. The fraction of sp³-hybridized carbons (Fsp3) is 0.942. The summed E-state index contributed by atoms with van der Waals surface area (Å²) in [5.41, 5.74) is 1.97. The Morgan fingerprint density at radius 2 is 0.514 bits per heavy atom. The summed E-state index contributed by atoms with van der Waals surface area (Å²) in [4.78, 5) is 32.4. The number of rotatable bonds is 33. The van der Waals surface area contributed by atoms with Gasteiger partial charge in [-0.25, -0.2) is 0 Å². The van der Waals surface area contributed by atoms with E-state index in [1.165, 1.54) is 0 Å². The van der Waals surface area contributed by atoms with Gasteiger partial charge in [0.15, 0.2) is 0 Å². The molecule has 3 fully saturated rings. The molecule has 1 N–H and O–H groups in total. The Bertz CT molecular complexity index is 1410. The van der Waals surface area contributed by atoms with E-state index in [0.717, 1.165) is 172 Å². The first-order chi connectivity index (χ1) is 33.6. The molecule has 0 aliphatic carbocycles. The van der Waals surface area contributed by atoms with Crippen molar-refractivity contribution in [2.24, 2.45) is 14.3 Å². The van der Waals surface area contributed by atoms with Gasteiger partial charge in [0.25, 0.3) is 0 Å². The average molecular weight is 1060 g/mol. The first-order valence-electron chi connectivity index (χ1n) is 29.0. The second kappa shape index (κ2) is 29.1. The third-order valence-corrected chi connectivity index (χ3v) is 29.1. The molecule has 3 heterocycles. The van der Waals surface area contributed by atoms with Crippen molar-refractivity contribution in [3.8, 4) is 0 Å². The Morgan fingerprint density at radius 1 is 0.329 bits per heavy atom. The van der Waals surface area contributed by atoms with Gasteiger partial charge in [-0.15, -0.1) is 0 Å². The molecule has 0 spiro atoms. The number of hydrogen-bond acceptors (Lipinski definition) is 14. The van der Waals surface area contributed by atoms with Crippen molar-refractivity contribution in [2.75, 3.05) is 149 Å². The molecule has 70 heavy (non-hydrogen) atoms. The van der Waals surface area contributed by atoms with Crippen LogP contribution in [0, 0.1) is 0 Å². The predicted molar refractivity (Wildman–Crippen MR) is 318 cm³/mol. The summed E-state index contributed by atoms with van der Waals surface area (Å²) < 4.78 is 30.3. The van der Waals surface area contributed by atoms with Crippen molar-refractivity contribution < 1.29 is 4.89 Å². The molecule has 412 valence electrons. The van der Waals surface area contributed by atoms with Crippen LogP contribution in [0.4, 0.5) is 0 Å². The van der Waals surface area contributed by atoms with E-state index in [2.05, 4.69) is 187 Å². The van der Waals surface area contributed by atoms with Crippen molar-refractivity contribution in [2.45, 2.75) is 175 Å². The summed E-state index contributed by atoms with van der Waals surface area (Å²) in [5.74, 6) is 0. The van der Waals surface area contributed by atoms with E-state index in [1.807, 2.05) is 0 Å². The Kier molecular flexibility index (Phi) is 26.9. The molecule has 14 nitrogen and oxygen atoms in total. The van der Waals surface area contributed by atoms with Gasteiger partial charge in [-0.3, -0.25) is 0 Å². The molecular weight excluding hydrogens is 947 g/mol. The van der Waals surface area contributed by atoms with E-state index in [4.69, 9.17) is 14.3 Å². The molecule has 0 aromatic carbocycles. The molecule has 0 aromatic heterocycles. The van der Waals surface area contributed by atoms with Crippen molar-refractivity contribution in [3.63, 3.8) is 0 Å². The van der Waals surface area contributed by atoms with Crippen LogP contribution >= 0.6 is 31.7 Å². The van der Waals surface area contributed by atoms with Crippen molar-refractivity contribution >= 4 is 48.0 Å². The molecule has 0 bridgehead atoms.